The van der Waals surface area contributed by atoms with E-state index in [0.29, 0.717) is 31.2 Å². The van der Waals surface area contributed by atoms with Gasteiger partial charge in [0.1, 0.15) is 10.3 Å². The molecule has 3 aromatic heterocycles. The summed E-state index contributed by atoms with van der Waals surface area (Å²) in [6.07, 6.45) is 4.32. The summed E-state index contributed by atoms with van der Waals surface area (Å²) < 4.78 is 0. The van der Waals surface area contributed by atoms with Crippen molar-refractivity contribution in [2.24, 2.45) is 0 Å². The van der Waals surface area contributed by atoms with E-state index in [-0.39, 0.29) is 17.7 Å². The fourth-order valence-electron chi connectivity index (χ4n) is 3.92. The number of nitrogens with one attached hydrogen (secondary N) is 1. The van der Waals surface area contributed by atoms with Crippen LogP contribution in [0.1, 0.15) is 39.9 Å². The largest absolute Gasteiger partial charge is 0.339 e. The number of thiazole rings is 1. The SMILES string of the molecule is O=C(c1nc2cccnc2s1)N1CCN(C(=O)C2CCCc3n[nH]nc32)CC1. The minimum Gasteiger partial charge on any atom is -0.339 e. The molecule has 0 radical (unpaired) electrons. The van der Waals surface area contributed by atoms with Crippen molar-refractivity contribution < 1.29 is 9.59 Å². The molecular formula is C18H19N7O2S. The number of aromatic amines is 1. The van der Waals surface area contributed by atoms with Crippen LogP contribution in [0.4, 0.5) is 0 Å². The third kappa shape index (κ3) is 2.93. The summed E-state index contributed by atoms with van der Waals surface area (Å²) in [5, 5.41) is 11.4. The van der Waals surface area contributed by atoms with E-state index in [1.165, 1.54) is 11.3 Å². The molecule has 5 rings (SSSR count). The van der Waals surface area contributed by atoms with Gasteiger partial charge in [0.15, 0.2) is 5.01 Å². The molecule has 0 spiro atoms. The molecule has 144 valence electrons. The molecule has 0 bridgehead atoms. The van der Waals surface area contributed by atoms with Crippen LogP contribution < -0.4 is 0 Å². The van der Waals surface area contributed by atoms with Gasteiger partial charge in [-0.2, -0.15) is 15.4 Å². The summed E-state index contributed by atoms with van der Waals surface area (Å²) in [4.78, 5) is 38.8. The van der Waals surface area contributed by atoms with Crippen molar-refractivity contribution >= 4 is 33.5 Å². The highest BCUT2D eigenvalue weighted by molar-refractivity contribution is 7.19. The zero-order valence-electron chi connectivity index (χ0n) is 15.2. The van der Waals surface area contributed by atoms with Gasteiger partial charge >= 0.3 is 0 Å². The Morgan fingerprint density at radius 1 is 1.14 bits per heavy atom. The lowest BCUT2D eigenvalue weighted by Gasteiger charge is -2.36. The number of H-pyrrole nitrogens is 1. The molecular weight excluding hydrogens is 378 g/mol. The number of fused-ring (bicyclic) bond motifs is 2. The van der Waals surface area contributed by atoms with E-state index < -0.39 is 0 Å². The van der Waals surface area contributed by atoms with Crippen LogP contribution in [0.2, 0.25) is 0 Å². The summed E-state index contributed by atoms with van der Waals surface area (Å²) in [6, 6.07) is 3.67. The number of carbonyl (C=O) groups is 2. The van der Waals surface area contributed by atoms with Crippen molar-refractivity contribution in [3.05, 3.63) is 34.7 Å². The first-order chi connectivity index (χ1) is 13.7. The van der Waals surface area contributed by atoms with E-state index in [9.17, 15) is 9.59 Å². The highest BCUT2D eigenvalue weighted by Crippen LogP contribution is 2.30. The topological polar surface area (TPSA) is 108 Å². The zero-order chi connectivity index (χ0) is 19.1. The van der Waals surface area contributed by atoms with Gasteiger partial charge in [-0.25, -0.2) is 9.97 Å². The van der Waals surface area contributed by atoms with Crippen LogP contribution in [0, 0.1) is 0 Å². The second kappa shape index (κ2) is 6.93. The Labute approximate surface area is 164 Å². The van der Waals surface area contributed by atoms with Crippen molar-refractivity contribution in [1.29, 1.82) is 0 Å². The molecule has 28 heavy (non-hydrogen) atoms. The van der Waals surface area contributed by atoms with Crippen molar-refractivity contribution in [1.82, 2.24) is 35.2 Å². The summed E-state index contributed by atoms with van der Waals surface area (Å²) in [5.74, 6) is -0.224. The van der Waals surface area contributed by atoms with Gasteiger partial charge in [0, 0.05) is 32.4 Å². The van der Waals surface area contributed by atoms with Crippen LogP contribution >= 0.6 is 11.3 Å². The number of amides is 2. The molecule has 4 heterocycles. The van der Waals surface area contributed by atoms with Gasteiger partial charge in [-0.3, -0.25) is 9.59 Å². The summed E-state index contributed by atoms with van der Waals surface area (Å²) in [5.41, 5.74) is 2.44. The van der Waals surface area contributed by atoms with E-state index in [1.807, 2.05) is 17.0 Å². The van der Waals surface area contributed by atoms with Gasteiger partial charge < -0.3 is 9.80 Å². The molecule has 0 aromatic carbocycles. The number of rotatable bonds is 2. The Bertz CT molecular complexity index is 1000. The quantitative estimate of drug-likeness (QED) is 0.696. The molecule has 2 amide bonds. The Kier molecular flexibility index (Phi) is 4.27. The predicted octanol–water partition coefficient (Wildman–Crippen LogP) is 1.21. The molecule has 1 unspecified atom stereocenters. The van der Waals surface area contributed by atoms with E-state index in [1.54, 1.807) is 11.1 Å². The second-order valence-corrected chi connectivity index (χ2v) is 8.04. The first kappa shape index (κ1) is 17.2. The fraction of sp³-hybridized carbons (Fsp3) is 0.444. The predicted molar refractivity (Wildman–Crippen MR) is 102 cm³/mol. The Hall–Kier alpha value is -2.88. The average Bonchev–Trinajstić information content (AvgIpc) is 3.39. The maximum absolute atomic E-state index is 13.0. The van der Waals surface area contributed by atoms with Crippen molar-refractivity contribution in [2.75, 3.05) is 26.2 Å². The molecule has 9 nitrogen and oxygen atoms in total. The third-order valence-electron chi connectivity index (χ3n) is 5.41. The van der Waals surface area contributed by atoms with Crippen molar-refractivity contribution in [2.45, 2.75) is 25.2 Å². The summed E-state index contributed by atoms with van der Waals surface area (Å²) in [6.45, 7) is 2.06. The van der Waals surface area contributed by atoms with Gasteiger partial charge in [0.2, 0.25) is 5.91 Å². The number of carbonyl (C=O) groups excluding carboxylic acids is 2. The first-order valence-electron chi connectivity index (χ1n) is 9.40. The van der Waals surface area contributed by atoms with E-state index in [4.69, 9.17) is 0 Å². The van der Waals surface area contributed by atoms with Crippen LogP contribution in [0.5, 0.6) is 0 Å². The molecule has 1 aliphatic carbocycles. The lowest BCUT2D eigenvalue weighted by molar-refractivity contribution is -0.134. The standard InChI is InChI=1S/C18H19N7O2S/c26-17(11-3-1-4-12-14(11)22-23-21-12)24-7-9-25(10-8-24)18(27)16-20-13-5-2-6-19-15(13)28-16/h2,5-6,11H,1,3-4,7-10H2,(H,21,22,23). The van der Waals surface area contributed by atoms with Crippen LogP contribution in [0.15, 0.2) is 18.3 Å². The Morgan fingerprint density at radius 2 is 1.96 bits per heavy atom. The minimum absolute atomic E-state index is 0.0890. The monoisotopic (exact) mass is 397 g/mol. The summed E-state index contributed by atoms with van der Waals surface area (Å²) in [7, 11) is 0. The maximum Gasteiger partial charge on any atom is 0.283 e. The molecule has 1 N–H and O–H groups in total. The molecule has 1 fully saturated rings. The average molecular weight is 397 g/mol. The Balaban J connectivity index is 1.25. The smallest absolute Gasteiger partial charge is 0.283 e. The molecule has 1 saturated heterocycles. The third-order valence-corrected chi connectivity index (χ3v) is 6.38. The van der Waals surface area contributed by atoms with Crippen LogP contribution in [0.25, 0.3) is 10.3 Å². The number of piperazine rings is 1. The maximum atomic E-state index is 13.0. The molecule has 2 aliphatic rings. The molecule has 1 aliphatic heterocycles. The number of pyridine rings is 1. The van der Waals surface area contributed by atoms with E-state index in [0.717, 1.165) is 41.0 Å². The Morgan fingerprint density at radius 3 is 2.79 bits per heavy atom. The molecule has 3 aromatic rings. The van der Waals surface area contributed by atoms with Gasteiger partial charge in [0.05, 0.1) is 17.3 Å². The number of nitrogens with zero attached hydrogens (tertiary/aromatic N) is 6. The van der Waals surface area contributed by atoms with Crippen LogP contribution in [-0.4, -0.2) is 73.2 Å². The normalized spacial score (nSPS) is 19.6. The fourth-order valence-corrected chi connectivity index (χ4v) is 4.80. The van der Waals surface area contributed by atoms with Gasteiger partial charge in [-0.1, -0.05) is 11.3 Å². The molecule has 0 saturated carbocycles. The van der Waals surface area contributed by atoms with Gasteiger partial charge in [-0.15, -0.1) is 0 Å². The molecule has 1 atom stereocenters. The number of hydrogen-bond donors (Lipinski definition) is 1. The van der Waals surface area contributed by atoms with Crippen LogP contribution in [-0.2, 0) is 11.2 Å². The van der Waals surface area contributed by atoms with E-state index >= 15 is 0 Å². The van der Waals surface area contributed by atoms with Gasteiger partial charge in [-0.05, 0) is 31.4 Å². The van der Waals surface area contributed by atoms with Crippen molar-refractivity contribution in [3.63, 3.8) is 0 Å². The highest BCUT2D eigenvalue weighted by atomic mass is 32.1. The van der Waals surface area contributed by atoms with Crippen molar-refractivity contribution in [3.8, 4) is 0 Å². The highest BCUT2D eigenvalue weighted by Gasteiger charge is 2.35. The number of aryl methyl sites for hydroxylation is 1. The summed E-state index contributed by atoms with van der Waals surface area (Å²) >= 11 is 1.31. The lowest BCUT2D eigenvalue weighted by Crippen LogP contribution is -2.51. The first-order valence-corrected chi connectivity index (χ1v) is 10.2. The van der Waals surface area contributed by atoms with Crippen LogP contribution in [0.3, 0.4) is 0 Å². The second-order valence-electron chi connectivity index (χ2n) is 7.06. The lowest BCUT2D eigenvalue weighted by atomic mass is 9.88. The van der Waals surface area contributed by atoms with Gasteiger partial charge in [0.25, 0.3) is 5.91 Å². The molecule has 10 heteroatoms. The number of aromatic nitrogens is 5. The zero-order valence-corrected chi connectivity index (χ0v) is 16.0. The number of hydrogen-bond acceptors (Lipinski definition) is 7. The van der Waals surface area contributed by atoms with E-state index in [2.05, 4.69) is 25.4 Å². The minimum atomic E-state index is -0.222.